The number of nitro groups is 1. The maximum absolute atomic E-state index is 13.1. The molecule has 4 heterocycles. The summed E-state index contributed by atoms with van der Waals surface area (Å²) < 4.78 is 0. The number of likely N-dealkylation sites (N-methyl/N-ethyl adjacent to an activating group) is 2. The number of carbonyl (C=O) groups is 2. The predicted molar refractivity (Wildman–Crippen MR) is 186 cm³/mol. The molecular weight excluding hydrogens is 594 g/mol. The van der Waals surface area contributed by atoms with Crippen molar-refractivity contribution in [2.45, 2.75) is 0 Å². The summed E-state index contributed by atoms with van der Waals surface area (Å²) in [6.45, 7) is 2.74. The second kappa shape index (κ2) is 11.7. The molecule has 0 atom stereocenters. The molecule has 2 aromatic heterocycles. The summed E-state index contributed by atoms with van der Waals surface area (Å²) in [7, 11) is 7.92. The van der Waals surface area contributed by atoms with Crippen molar-refractivity contribution in [1.29, 1.82) is 0 Å². The van der Waals surface area contributed by atoms with Crippen LogP contribution in [0.3, 0.4) is 0 Å². The van der Waals surface area contributed by atoms with Crippen LogP contribution in [0, 0.1) is 10.1 Å². The Morgan fingerprint density at radius 3 is 1.72 bits per heavy atom. The van der Waals surface area contributed by atoms with Crippen molar-refractivity contribution in [3.05, 3.63) is 100 Å². The summed E-state index contributed by atoms with van der Waals surface area (Å²) in [5.41, 5.74) is 5.56. The van der Waals surface area contributed by atoms with Crippen LogP contribution in [-0.2, 0) is 0 Å². The number of non-ortho nitro benzene ring substituents is 1. The van der Waals surface area contributed by atoms with Gasteiger partial charge in [0.1, 0.15) is 0 Å². The van der Waals surface area contributed by atoms with Crippen molar-refractivity contribution in [3.8, 4) is 0 Å². The number of nitrogens with zero attached hydrogens (tertiary/aromatic N) is 7. The lowest BCUT2D eigenvalue weighted by Gasteiger charge is -2.20. The monoisotopic (exact) mass is 627 g/mol. The van der Waals surface area contributed by atoms with E-state index in [0.717, 1.165) is 45.0 Å². The molecular formula is C36H33N7O4. The molecule has 0 radical (unpaired) electrons. The van der Waals surface area contributed by atoms with Crippen molar-refractivity contribution in [2.75, 3.05) is 64.2 Å². The Labute approximate surface area is 270 Å². The Hall–Kier alpha value is -5.52. The number of fused-ring (bicyclic) bond motifs is 4. The molecule has 0 saturated carbocycles. The number of amides is 2. The van der Waals surface area contributed by atoms with E-state index >= 15 is 0 Å². The van der Waals surface area contributed by atoms with E-state index in [1.165, 1.54) is 6.07 Å². The third kappa shape index (κ3) is 5.00. The van der Waals surface area contributed by atoms with Crippen molar-refractivity contribution >= 4 is 72.5 Å². The van der Waals surface area contributed by atoms with Gasteiger partial charge < -0.3 is 19.6 Å². The Bertz CT molecular complexity index is 2270. The van der Waals surface area contributed by atoms with E-state index in [9.17, 15) is 19.7 Å². The zero-order valence-electron chi connectivity index (χ0n) is 26.6. The van der Waals surface area contributed by atoms with E-state index in [4.69, 9.17) is 4.98 Å². The van der Waals surface area contributed by atoms with Gasteiger partial charge in [-0.15, -0.1) is 0 Å². The maximum Gasteiger partial charge on any atom is 0.295 e. The van der Waals surface area contributed by atoms with Crippen LogP contribution in [-0.4, -0.2) is 90.9 Å². The number of carbonyl (C=O) groups excluding carboxylic acids is 2. The van der Waals surface area contributed by atoms with Gasteiger partial charge in [0.2, 0.25) is 0 Å². The minimum atomic E-state index is -0.447. The molecule has 0 aliphatic carbocycles. The molecule has 0 spiro atoms. The molecule has 47 heavy (non-hydrogen) atoms. The number of aromatic nitrogens is 2. The predicted octanol–water partition coefficient (Wildman–Crippen LogP) is 5.73. The van der Waals surface area contributed by atoms with Gasteiger partial charge in [-0.2, -0.15) is 0 Å². The van der Waals surface area contributed by atoms with Gasteiger partial charge in [-0.1, -0.05) is 42.5 Å². The van der Waals surface area contributed by atoms with E-state index in [2.05, 4.69) is 9.88 Å². The molecule has 0 unspecified atom stereocenters. The SMILES string of the molecule is CN(C)CCN1C(=O)c2c3ccccc3nc3c([N+](=O)[O-])ccc1c23.CN(C)CCN1C(=O)c2c3ccccc3nc3cccc1c23. The molecule has 0 bridgehead atoms. The van der Waals surface area contributed by atoms with Gasteiger partial charge in [-0.3, -0.25) is 19.7 Å². The lowest BCUT2D eigenvalue weighted by atomic mass is 10.0. The number of rotatable bonds is 7. The van der Waals surface area contributed by atoms with Crippen molar-refractivity contribution < 1.29 is 14.5 Å². The minimum Gasteiger partial charge on any atom is -0.308 e. The van der Waals surface area contributed by atoms with Crippen LogP contribution in [0.5, 0.6) is 0 Å². The van der Waals surface area contributed by atoms with Crippen molar-refractivity contribution in [3.63, 3.8) is 0 Å². The Kier molecular flexibility index (Phi) is 7.50. The van der Waals surface area contributed by atoms with Crippen LogP contribution < -0.4 is 9.80 Å². The highest BCUT2D eigenvalue weighted by Crippen LogP contribution is 2.43. The van der Waals surface area contributed by atoms with E-state index in [1.54, 1.807) is 17.0 Å². The average Bonchev–Trinajstić information content (AvgIpc) is 3.51. The molecule has 6 aromatic rings. The van der Waals surface area contributed by atoms with Crippen molar-refractivity contribution in [2.24, 2.45) is 0 Å². The highest BCUT2D eigenvalue weighted by molar-refractivity contribution is 6.31. The fraction of sp³-hybridized carbons (Fsp3) is 0.222. The van der Waals surface area contributed by atoms with E-state index in [1.807, 2.05) is 98.7 Å². The lowest BCUT2D eigenvalue weighted by Crippen LogP contribution is -2.34. The topological polar surface area (TPSA) is 116 Å². The maximum atomic E-state index is 13.1. The Balaban J connectivity index is 0.000000151. The third-order valence-electron chi connectivity index (χ3n) is 8.71. The zero-order chi connectivity index (χ0) is 33.0. The van der Waals surface area contributed by atoms with Gasteiger partial charge in [-0.05, 0) is 58.5 Å². The number of nitro benzene ring substituents is 1. The van der Waals surface area contributed by atoms with Gasteiger partial charge in [0.25, 0.3) is 17.5 Å². The van der Waals surface area contributed by atoms with Crippen LogP contribution >= 0.6 is 0 Å². The van der Waals surface area contributed by atoms with Gasteiger partial charge in [0.15, 0.2) is 5.52 Å². The minimum absolute atomic E-state index is 0.0759. The highest BCUT2D eigenvalue weighted by atomic mass is 16.6. The number of para-hydroxylation sites is 2. The first-order valence-corrected chi connectivity index (χ1v) is 15.4. The Morgan fingerprint density at radius 1 is 0.638 bits per heavy atom. The van der Waals surface area contributed by atoms with E-state index < -0.39 is 4.92 Å². The molecule has 4 aromatic carbocycles. The summed E-state index contributed by atoms with van der Waals surface area (Å²) in [6.07, 6.45) is 0. The van der Waals surface area contributed by atoms with Gasteiger partial charge in [0.05, 0.1) is 44.0 Å². The van der Waals surface area contributed by atoms with Gasteiger partial charge in [-0.25, -0.2) is 9.97 Å². The quantitative estimate of drug-likeness (QED) is 0.125. The second-order valence-electron chi connectivity index (χ2n) is 12.3. The fourth-order valence-corrected chi connectivity index (χ4v) is 6.47. The summed E-state index contributed by atoms with van der Waals surface area (Å²) in [6, 6.07) is 24.2. The Morgan fingerprint density at radius 2 is 1.15 bits per heavy atom. The third-order valence-corrected chi connectivity index (χ3v) is 8.71. The standard InChI is InChI=1S/C18H16N4O3.C18H17N3O/c1-20(2)9-10-21-13-7-8-14(22(24)25)17-16(13)15(18(21)23)11-5-3-4-6-12(11)19-17;1-20(2)10-11-21-15-9-5-8-14-17(15)16(18(21)22)12-6-3-4-7-13(12)19-14/h3-8H,9-10H2,1-2H3;3-9H,10-11H2,1-2H3. The molecule has 2 amide bonds. The molecule has 2 aliphatic rings. The number of hydrogen-bond donors (Lipinski definition) is 0. The van der Waals surface area contributed by atoms with Crippen molar-refractivity contribution in [1.82, 2.24) is 19.8 Å². The lowest BCUT2D eigenvalue weighted by molar-refractivity contribution is -0.383. The normalized spacial score (nSPS) is 13.6. The van der Waals surface area contributed by atoms with E-state index in [-0.39, 0.29) is 23.0 Å². The van der Waals surface area contributed by atoms with Gasteiger partial charge >= 0.3 is 0 Å². The first-order valence-electron chi connectivity index (χ1n) is 15.4. The molecule has 0 saturated heterocycles. The van der Waals surface area contributed by atoms with E-state index in [0.29, 0.717) is 41.8 Å². The molecule has 11 heteroatoms. The molecule has 8 rings (SSSR count). The highest BCUT2D eigenvalue weighted by Gasteiger charge is 2.35. The van der Waals surface area contributed by atoms with Crippen LogP contribution in [0.1, 0.15) is 20.7 Å². The zero-order valence-corrected chi connectivity index (χ0v) is 26.6. The first-order chi connectivity index (χ1) is 22.7. The summed E-state index contributed by atoms with van der Waals surface area (Å²) in [5, 5.41) is 14.7. The van der Waals surface area contributed by atoms with Gasteiger partial charge in [0, 0.05) is 53.8 Å². The first kappa shape index (κ1) is 30.2. The molecule has 236 valence electrons. The molecule has 2 aliphatic heterocycles. The summed E-state index contributed by atoms with van der Waals surface area (Å²) in [4.78, 5) is 53.9. The van der Waals surface area contributed by atoms with Crippen LogP contribution in [0.25, 0.3) is 43.6 Å². The molecule has 11 nitrogen and oxygen atoms in total. The smallest absolute Gasteiger partial charge is 0.295 e. The summed E-state index contributed by atoms with van der Waals surface area (Å²) in [5.74, 6) is -0.0346. The number of hydrogen-bond acceptors (Lipinski definition) is 8. The largest absolute Gasteiger partial charge is 0.308 e. The van der Waals surface area contributed by atoms with Crippen LogP contribution in [0.15, 0.2) is 78.9 Å². The number of anilines is 2. The number of pyridine rings is 2. The van der Waals surface area contributed by atoms with Crippen LogP contribution in [0.2, 0.25) is 0 Å². The second-order valence-corrected chi connectivity index (χ2v) is 12.3. The fourth-order valence-electron chi connectivity index (χ4n) is 6.47. The number of benzene rings is 4. The average molecular weight is 628 g/mol. The molecule has 0 fully saturated rings. The molecule has 0 N–H and O–H groups in total. The van der Waals surface area contributed by atoms with Crippen LogP contribution in [0.4, 0.5) is 17.1 Å². The summed E-state index contributed by atoms with van der Waals surface area (Å²) >= 11 is 0.